The minimum Gasteiger partial charge on any atom is -0.352 e. The van der Waals surface area contributed by atoms with Crippen LogP contribution in [0.1, 0.15) is 26.7 Å². The Morgan fingerprint density at radius 2 is 2.42 bits per heavy atom. The predicted octanol–water partition coefficient (Wildman–Crippen LogP) is 1.14. The molecule has 1 saturated heterocycles. The summed E-state index contributed by atoms with van der Waals surface area (Å²) in [5.41, 5.74) is 0. The molecular formula is C9H19NO2. The van der Waals surface area contributed by atoms with Gasteiger partial charge in [-0.05, 0) is 13.3 Å². The van der Waals surface area contributed by atoms with Crippen molar-refractivity contribution in [2.24, 2.45) is 0 Å². The zero-order valence-corrected chi connectivity index (χ0v) is 8.22. The molecule has 2 unspecified atom stereocenters. The molecule has 0 aliphatic carbocycles. The molecule has 3 nitrogen and oxygen atoms in total. The molecule has 72 valence electrons. The largest absolute Gasteiger partial charge is 0.352 e. The summed E-state index contributed by atoms with van der Waals surface area (Å²) < 4.78 is 11.0. The molecule has 0 saturated carbocycles. The van der Waals surface area contributed by atoms with E-state index in [0.29, 0.717) is 6.04 Å². The van der Waals surface area contributed by atoms with Crippen molar-refractivity contribution < 1.29 is 9.47 Å². The smallest absolute Gasteiger partial charge is 0.180 e. The highest BCUT2D eigenvalue weighted by Crippen LogP contribution is 2.22. The summed E-state index contributed by atoms with van der Waals surface area (Å²) in [5, 5.41) is 3.41. The Hall–Kier alpha value is -0.120. The van der Waals surface area contributed by atoms with E-state index in [-0.39, 0.29) is 0 Å². The lowest BCUT2D eigenvalue weighted by molar-refractivity contribution is -0.244. The number of hydrogen-bond donors (Lipinski definition) is 1. The summed E-state index contributed by atoms with van der Waals surface area (Å²) in [4.78, 5) is 0. The van der Waals surface area contributed by atoms with Crippen LogP contribution in [0, 0.1) is 0 Å². The molecule has 1 rings (SSSR count). The van der Waals surface area contributed by atoms with Gasteiger partial charge in [0.1, 0.15) is 0 Å². The fraction of sp³-hybridized carbons (Fsp3) is 1.00. The van der Waals surface area contributed by atoms with Gasteiger partial charge in [-0.1, -0.05) is 13.3 Å². The van der Waals surface area contributed by atoms with Gasteiger partial charge in [-0.3, -0.25) is 0 Å². The van der Waals surface area contributed by atoms with Crippen molar-refractivity contribution in [2.45, 2.75) is 38.5 Å². The molecule has 12 heavy (non-hydrogen) atoms. The maximum Gasteiger partial charge on any atom is 0.180 e. The van der Waals surface area contributed by atoms with Crippen molar-refractivity contribution in [1.29, 1.82) is 0 Å². The highest BCUT2D eigenvalue weighted by atomic mass is 16.7. The lowest BCUT2D eigenvalue weighted by Gasteiger charge is -2.40. The van der Waals surface area contributed by atoms with E-state index in [0.717, 1.165) is 26.0 Å². The summed E-state index contributed by atoms with van der Waals surface area (Å²) in [6.07, 6.45) is 2.25. The molecule has 0 spiro atoms. The van der Waals surface area contributed by atoms with Crippen molar-refractivity contribution >= 4 is 0 Å². The molecule has 0 radical (unpaired) electrons. The number of morpholine rings is 1. The first kappa shape index (κ1) is 9.96. The van der Waals surface area contributed by atoms with Gasteiger partial charge in [-0.15, -0.1) is 0 Å². The van der Waals surface area contributed by atoms with E-state index >= 15 is 0 Å². The van der Waals surface area contributed by atoms with E-state index in [2.05, 4.69) is 12.2 Å². The monoisotopic (exact) mass is 173 g/mol. The SMILES string of the molecule is CCCC1NCCOC1(C)OC. The van der Waals surface area contributed by atoms with Crippen molar-refractivity contribution in [3.63, 3.8) is 0 Å². The second-order valence-corrected chi connectivity index (χ2v) is 3.36. The van der Waals surface area contributed by atoms with Crippen LogP contribution in [0.15, 0.2) is 0 Å². The van der Waals surface area contributed by atoms with Crippen LogP contribution < -0.4 is 5.32 Å². The van der Waals surface area contributed by atoms with Gasteiger partial charge in [0.2, 0.25) is 0 Å². The number of hydrogen-bond acceptors (Lipinski definition) is 3. The van der Waals surface area contributed by atoms with E-state index in [9.17, 15) is 0 Å². The van der Waals surface area contributed by atoms with Crippen molar-refractivity contribution in [2.75, 3.05) is 20.3 Å². The van der Waals surface area contributed by atoms with Crippen LogP contribution in [0.5, 0.6) is 0 Å². The second kappa shape index (κ2) is 4.21. The summed E-state index contributed by atoms with van der Waals surface area (Å²) in [6, 6.07) is 0.334. The Morgan fingerprint density at radius 1 is 1.67 bits per heavy atom. The van der Waals surface area contributed by atoms with Crippen LogP contribution in [-0.2, 0) is 9.47 Å². The van der Waals surface area contributed by atoms with Crippen LogP contribution in [0.2, 0.25) is 0 Å². The molecule has 1 aliphatic rings. The van der Waals surface area contributed by atoms with Crippen LogP contribution in [0.25, 0.3) is 0 Å². The summed E-state index contributed by atoms with van der Waals surface area (Å²) in [6.45, 7) is 5.85. The molecule has 0 amide bonds. The van der Waals surface area contributed by atoms with Gasteiger partial charge in [-0.25, -0.2) is 0 Å². The van der Waals surface area contributed by atoms with E-state index in [1.54, 1.807) is 7.11 Å². The average Bonchev–Trinajstić information content (AvgIpc) is 2.10. The summed E-state index contributed by atoms with van der Waals surface area (Å²) >= 11 is 0. The van der Waals surface area contributed by atoms with Gasteiger partial charge in [0.25, 0.3) is 0 Å². The highest BCUT2D eigenvalue weighted by Gasteiger charge is 2.36. The topological polar surface area (TPSA) is 30.5 Å². The summed E-state index contributed by atoms with van der Waals surface area (Å²) in [5.74, 6) is -0.422. The second-order valence-electron chi connectivity index (χ2n) is 3.36. The number of methoxy groups -OCH3 is 1. The average molecular weight is 173 g/mol. The maximum atomic E-state index is 5.60. The Kier molecular flexibility index (Phi) is 3.50. The standard InChI is InChI=1S/C9H19NO2/c1-4-5-8-9(2,11-3)12-7-6-10-8/h8,10H,4-7H2,1-3H3. The molecule has 1 fully saturated rings. The molecule has 1 aliphatic heterocycles. The molecule has 0 aromatic carbocycles. The Bertz CT molecular complexity index is 138. The lowest BCUT2D eigenvalue weighted by Crippen LogP contribution is -2.57. The van der Waals surface area contributed by atoms with Crippen LogP contribution in [0.4, 0.5) is 0 Å². The quantitative estimate of drug-likeness (QED) is 0.694. The van der Waals surface area contributed by atoms with Gasteiger partial charge < -0.3 is 14.8 Å². The molecule has 0 aromatic rings. The van der Waals surface area contributed by atoms with Gasteiger partial charge in [0.05, 0.1) is 12.6 Å². The zero-order chi connectivity index (χ0) is 9.03. The zero-order valence-electron chi connectivity index (χ0n) is 8.22. The van der Waals surface area contributed by atoms with E-state index in [4.69, 9.17) is 9.47 Å². The van der Waals surface area contributed by atoms with Crippen molar-refractivity contribution in [3.8, 4) is 0 Å². The van der Waals surface area contributed by atoms with E-state index in [1.807, 2.05) is 6.92 Å². The molecule has 1 heterocycles. The molecule has 2 atom stereocenters. The van der Waals surface area contributed by atoms with E-state index < -0.39 is 5.79 Å². The van der Waals surface area contributed by atoms with Gasteiger partial charge in [0, 0.05) is 13.7 Å². The first-order chi connectivity index (χ1) is 5.73. The normalized spacial score (nSPS) is 36.8. The number of nitrogens with one attached hydrogen (secondary N) is 1. The van der Waals surface area contributed by atoms with Crippen LogP contribution in [0.3, 0.4) is 0 Å². The van der Waals surface area contributed by atoms with E-state index in [1.165, 1.54) is 0 Å². The van der Waals surface area contributed by atoms with Gasteiger partial charge in [0.15, 0.2) is 5.79 Å². The Balaban J connectivity index is 2.53. The Morgan fingerprint density at radius 3 is 3.00 bits per heavy atom. The molecule has 0 aromatic heterocycles. The highest BCUT2D eigenvalue weighted by molar-refractivity contribution is 4.84. The van der Waals surface area contributed by atoms with Crippen LogP contribution in [-0.4, -0.2) is 32.1 Å². The first-order valence-electron chi connectivity index (χ1n) is 4.65. The predicted molar refractivity (Wildman–Crippen MR) is 48.1 cm³/mol. The lowest BCUT2D eigenvalue weighted by atomic mass is 10.0. The molecule has 0 bridgehead atoms. The fourth-order valence-corrected chi connectivity index (χ4v) is 1.63. The summed E-state index contributed by atoms with van der Waals surface area (Å²) in [7, 11) is 1.70. The van der Waals surface area contributed by atoms with Crippen molar-refractivity contribution in [1.82, 2.24) is 5.32 Å². The minimum atomic E-state index is -0.422. The third-order valence-electron chi connectivity index (χ3n) is 2.50. The van der Waals surface area contributed by atoms with Gasteiger partial charge in [-0.2, -0.15) is 0 Å². The Labute approximate surface area is 74.4 Å². The van der Waals surface area contributed by atoms with Gasteiger partial charge >= 0.3 is 0 Å². The fourth-order valence-electron chi connectivity index (χ4n) is 1.63. The number of ether oxygens (including phenoxy) is 2. The third-order valence-corrected chi connectivity index (χ3v) is 2.50. The molecule has 3 heteroatoms. The van der Waals surface area contributed by atoms with Crippen molar-refractivity contribution in [3.05, 3.63) is 0 Å². The molecule has 1 N–H and O–H groups in total. The third kappa shape index (κ3) is 1.97. The maximum absolute atomic E-state index is 5.60. The minimum absolute atomic E-state index is 0.334. The molecular weight excluding hydrogens is 154 g/mol. The number of rotatable bonds is 3. The van der Waals surface area contributed by atoms with Crippen LogP contribution >= 0.6 is 0 Å². The first-order valence-corrected chi connectivity index (χ1v) is 4.65.